The molecule has 1 unspecified atom stereocenters. The Labute approximate surface area is 104 Å². The molecule has 0 N–H and O–H groups in total. The van der Waals surface area contributed by atoms with Gasteiger partial charge in [0, 0.05) is 34.6 Å². The topological polar surface area (TPSA) is 17.1 Å². The fraction of sp³-hybridized carbons (Fsp3) is 1.00. The Morgan fingerprint density at radius 3 is 1.94 bits per heavy atom. The maximum absolute atomic E-state index is 12.4. The van der Waals surface area contributed by atoms with Crippen LogP contribution in [-0.4, -0.2) is 33.7 Å². The number of halogens is 6. The Morgan fingerprint density at radius 2 is 1.47 bits per heavy atom. The van der Waals surface area contributed by atoms with Crippen molar-refractivity contribution >= 4 is 22.4 Å². The fourth-order valence-electron chi connectivity index (χ4n) is 1.06. The second kappa shape index (κ2) is 7.51. The fourth-order valence-corrected chi connectivity index (χ4v) is 2.44. The van der Waals surface area contributed by atoms with Gasteiger partial charge in [0.25, 0.3) is 0 Å². The Hall–Kier alpha value is 0.0900. The van der Waals surface area contributed by atoms with Crippen molar-refractivity contribution in [3.63, 3.8) is 0 Å². The van der Waals surface area contributed by atoms with Gasteiger partial charge in [-0.25, -0.2) is 0 Å². The highest BCUT2D eigenvalue weighted by molar-refractivity contribution is 7.84. The van der Waals surface area contributed by atoms with Crippen molar-refractivity contribution in [2.45, 2.75) is 37.8 Å². The number of rotatable bonds is 8. The van der Waals surface area contributed by atoms with Crippen molar-refractivity contribution in [2.24, 2.45) is 0 Å². The van der Waals surface area contributed by atoms with Gasteiger partial charge in [-0.2, -0.15) is 22.0 Å². The van der Waals surface area contributed by atoms with Gasteiger partial charge in [0.1, 0.15) is 0 Å². The van der Waals surface area contributed by atoms with Crippen LogP contribution in [0.25, 0.3) is 0 Å². The molecule has 0 bridgehead atoms. The van der Waals surface area contributed by atoms with E-state index in [9.17, 15) is 26.2 Å². The van der Waals surface area contributed by atoms with Crippen LogP contribution >= 0.6 is 11.6 Å². The summed E-state index contributed by atoms with van der Waals surface area (Å²) in [5.74, 6) is -4.10. The van der Waals surface area contributed by atoms with Crippen LogP contribution in [0.15, 0.2) is 0 Å². The normalized spacial score (nSPS) is 14.9. The first-order chi connectivity index (χ1) is 7.70. The minimum Gasteiger partial charge on any atom is -0.260 e. The number of unbranched alkanes of at least 4 members (excludes halogenated alkanes) is 1. The molecule has 1 nitrogen and oxygen atoms in total. The standard InChI is InChI=1S/C9H14ClF5OS/c10-5-1-2-6-17(16)7-3-4-8(11,12)9(13,14)15/h1-7H2. The second-order valence-corrected chi connectivity index (χ2v) is 5.62. The highest BCUT2D eigenvalue weighted by Crippen LogP contribution is 2.38. The maximum Gasteiger partial charge on any atom is 0.453 e. The minimum absolute atomic E-state index is 0.131. The van der Waals surface area contributed by atoms with Gasteiger partial charge in [0.05, 0.1) is 0 Å². The quantitative estimate of drug-likeness (QED) is 0.379. The number of hydrogen-bond acceptors (Lipinski definition) is 1. The Balaban J connectivity index is 3.80. The van der Waals surface area contributed by atoms with Crippen LogP contribution in [0, 0.1) is 0 Å². The zero-order valence-corrected chi connectivity index (χ0v) is 10.6. The van der Waals surface area contributed by atoms with Crippen LogP contribution in [0.4, 0.5) is 22.0 Å². The first kappa shape index (κ1) is 17.1. The van der Waals surface area contributed by atoms with Gasteiger partial charge in [-0.15, -0.1) is 11.6 Å². The molecule has 0 aromatic carbocycles. The number of alkyl halides is 6. The lowest BCUT2D eigenvalue weighted by atomic mass is 10.2. The summed E-state index contributed by atoms with van der Waals surface area (Å²) in [7, 11) is -1.34. The third-order valence-electron chi connectivity index (χ3n) is 2.03. The SMILES string of the molecule is O=S(CCCCCl)CCCC(F)(F)C(F)(F)F. The molecule has 0 saturated carbocycles. The third-order valence-corrected chi connectivity index (χ3v) is 3.79. The monoisotopic (exact) mass is 300 g/mol. The van der Waals surface area contributed by atoms with Crippen molar-refractivity contribution in [3.05, 3.63) is 0 Å². The van der Waals surface area contributed by atoms with Gasteiger partial charge in [0.15, 0.2) is 0 Å². The first-order valence-electron chi connectivity index (χ1n) is 5.06. The summed E-state index contributed by atoms with van der Waals surface area (Å²) >= 11 is 5.38. The summed E-state index contributed by atoms with van der Waals surface area (Å²) < 4.78 is 71.4. The van der Waals surface area contributed by atoms with Crippen LogP contribution < -0.4 is 0 Å². The van der Waals surface area contributed by atoms with Crippen LogP contribution in [0.3, 0.4) is 0 Å². The lowest BCUT2D eigenvalue weighted by molar-refractivity contribution is -0.284. The summed E-state index contributed by atoms with van der Waals surface area (Å²) in [6.07, 6.45) is -5.98. The van der Waals surface area contributed by atoms with E-state index < -0.39 is 35.7 Å². The third kappa shape index (κ3) is 7.18. The number of hydrogen-bond donors (Lipinski definition) is 0. The Kier molecular flexibility index (Phi) is 7.55. The summed E-state index contributed by atoms with van der Waals surface area (Å²) in [6.45, 7) is 0. The van der Waals surface area contributed by atoms with Gasteiger partial charge in [-0.3, -0.25) is 4.21 Å². The van der Waals surface area contributed by atoms with E-state index in [-0.39, 0.29) is 5.75 Å². The summed E-state index contributed by atoms with van der Waals surface area (Å²) in [5, 5.41) is 0. The van der Waals surface area contributed by atoms with Crippen molar-refractivity contribution in [1.82, 2.24) is 0 Å². The lowest BCUT2D eigenvalue weighted by Gasteiger charge is -2.19. The first-order valence-corrected chi connectivity index (χ1v) is 7.08. The summed E-state index contributed by atoms with van der Waals surface area (Å²) in [5.41, 5.74) is 0. The molecule has 0 aliphatic heterocycles. The molecule has 0 aliphatic rings. The lowest BCUT2D eigenvalue weighted by Crippen LogP contribution is -2.36. The maximum atomic E-state index is 12.4. The molecule has 0 rings (SSSR count). The zero-order chi connectivity index (χ0) is 13.5. The van der Waals surface area contributed by atoms with Crippen molar-refractivity contribution in [1.29, 1.82) is 0 Å². The van der Waals surface area contributed by atoms with Gasteiger partial charge >= 0.3 is 12.1 Å². The van der Waals surface area contributed by atoms with Crippen molar-refractivity contribution < 1.29 is 26.2 Å². The second-order valence-electron chi connectivity index (χ2n) is 3.55. The van der Waals surface area contributed by atoms with Gasteiger partial charge in [-0.1, -0.05) is 0 Å². The average Bonchev–Trinajstić information content (AvgIpc) is 2.16. The molecular formula is C9H14ClF5OS. The predicted octanol–water partition coefficient (Wildman–Crippen LogP) is 3.73. The molecule has 104 valence electrons. The molecule has 0 amide bonds. The van der Waals surface area contributed by atoms with E-state index in [0.29, 0.717) is 24.5 Å². The van der Waals surface area contributed by atoms with Gasteiger partial charge < -0.3 is 0 Å². The summed E-state index contributed by atoms with van der Waals surface area (Å²) in [6, 6.07) is 0. The molecule has 0 fully saturated rings. The van der Waals surface area contributed by atoms with E-state index in [4.69, 9.17) is 11.6 Å². The van der Waals surface area contributed by atoms with Crippen LogP contribution in [0.1, 0.15) is 25.7 Å². The van der Waals surface area contributed by atoms with Crippen LogP contribution in [0.2, 0.25) is 0 Å². The van der Waals surface area contributed by atoms with Crippen molar-refractivity contribution in [2.75, 3.05) is 17.4 Å². The average molecular weight is 301 g/mol. The molecule has 0 saturated heterocycles. The van der Waals surface area contributed by atoms with E-state index in [1.807, 2.05) is 0 Å². The van der Waals surface area contributed by atoms with Crippen molar-refractivity contribution in [3.8, 4) is 0 Å². The molecule has 0 radical (unpaired) electrons. The largest absolute Gasteiger partial charge is 0.453 e. The molecule has 0 aromatic heterocycles. The smallest absolute Gasteiger partial charge is 0.260 e. The van der Waals surface area contributed by atoms with Crippen LogP contribution in [0.5, 0.6) is 0 Å². The Bertz CT molecular complexity index is 244. The molecule has 0 heterocycles. The van der Waals surface area contributed by atoms with E-state index in [2.05, 4.69) is 0 Å². The van der Waals surface area contributed by atoms with E-state index >= 15 is 0 Å². The molecule has 0 aromatic rings. The molecule has 1 atom stereocenters. The summed E-state index contributed by atoms with van der Waals surface area (Å²) in [4.78, 5) is 0. The van der Waals surface area contributed by atoms with E-state index in [1.165, 1.54) is 0 Å². The molecule has 0 aliphatic carbocycles. The molecule has 0 spiro atoms. The van der Waals surface area contributed by atoms with E-state index in [1.54, 1.807) is 0 Å². The van der Waals surface area contributed by atoms with Gasteiger partial charge in [-0.05, 0) is 19.3 Å². The predicted molar refractivity (Wildman–Crippen MR) is 58.1 cm³/mol. The minimum atomic E-state index is -5.52. The highest BCUT2D eigenvalue weighted by Gasteiger charge is 2.56. The Morgan fingerprint density at radius 1 is 0.941 bits per heavy atom. The van der Waals surface area contributed by atoms with E-state index in [0.717, 1.165) is 0 Å². The molecular weight excluding hydrogens is 287 g/mol. The zero-order valence-electron chi connectivity index (χ0n) is 9.03. The van der Waals surface area contributed by atoms with Gasteiger partial charge in [0.2, 0.25) is 0 Å². The van der Waals surface area contributed by atoms with Crippen LogP contribution in [-0.2, 0) is 10.8 Å². The molecule has 17 heavy (non-hydrogen) atoms. The highest BCUT2D eigenvalue weighted by atomic mass is 35.5. The molecule has 8 heteroatoms.